The Balaban J connectivity index is -0.000000175. The molecular weight excluding hydrogens is 2250 g/mol. The topological polar surface area (TPSA) is 0 Å². The summed E-state index contributed by atoms with van der Waals surface area (Å²) in [4.78, 5) is 0. The minimum Gasteiger partial charge on any atom is -0.200 e. The molecule has 0 radical (unpaired) electrons. The molecule has 0 spiro atoms. The van der Waals surface area contributed by atoms with Crippen LogP contribution in [0.5, 0.6) is 0 Å². The summed E-state index contributed by atoms with van der Waals surface area (Å²) in [5, 5.41) is 0. The lowest BCUT2D eigenvalue weighted by Crippen LogP contribution is -2.74. The zero-order valence-corrected chi connectivity index (χ0v) is 70.6. The highest BCUT2D eigenvalue weighted by Crippen LogP contribution is 2.67. The van der Waals surface area contributed by atoms with Gasteiger partial charge < -0.3 is 0 Å². The standard InChI is InChI=1S/C11H7F17.C9H7F13.C7H7F9.C6H5F9.C6H7F7.C6H9F5.C5H5F7.C5H7F5.C5H9F3.C4H7F3/c1-2-3-4(12,13)5(14,15)6(16,17)7(18,19)8(20,21)9(22,23)10(24,25)11(26,27)28;1-2-3-4(10,11)5(12,13)6(14,15)7(16,17)8(18,19)9(20,21)22;1-2-3-4(8,9)5(10,11)6(12,13)7(14,15)16;1-2-3(7,8)4(9,10)5(11,12)6(13,14)15;1-2-3-4(7,8)5(9,10)6(11,12)13;1-2-3-4-5(7,8)6(9,10)11;1-2-3(6,7)4(8,9)5(10,11)12;1-2-3-4(6,7)5(8,9)10;1-2-3-4-5(6,7)8;1-2-3-4(5,6)7/h2-3H2,1H3;2-3H2,1H3;2-3H2,1H3;2H2,1H3;2-3H2,1H3;2-4H2,1H3;2H2,1H3;2-3H2,1H3;2-4H2,1H3;2-3H2,1H3. The van der Waals surface area contributed by atoms with Crippen molar-refractivity contribution in [2.45, 2.75) is 402 Å². The van der Waals surface area contributed by atoms with Gasteiger partial charge in [0.25, 0.3) is 0 Å². The Morgan fingerprint density at radius 3 is 0.359 bits per heavy atom. The Labute approximate surface area is 744 Å². The van der Waals surface area contributed by atoms with E-state index in [0.29, 0.717) is 33.6 Å². The molecule has 0 atom stereocenters. The van der Waals surface area contributed by atoms with Crippen LogP contribution in [0.1, 0.15) is 198 Å². The van der Waals surface area contributed by atoms with E-state index in [4.69, 9.17) is 0 Å². The average molecular weight is 2320 g/mol. The molecule has 0 saturated heterocycles. The largest absolute Gasteiger partial charge is 0.460 e. The highest BCUT2D eigenvalue weighted by Gasteiger charge is 2.96. The van der Waals surface area contributed by atoms with Gasteiger partial charge in [-0.25, -0.2) is 0 Å². The predicted octanol–water partition coefficient (Wildman–Crippen LogP) is 38.7. The lowest BCUT2D eigenvalue weighted by molar-refractivity contribution is -0.461. The Bertz CT molecular complexity index is 3450. The summed E-state index contributed by atoms with van der Waals surface area (Å²) in [7, 11) is 0. The molecule has 0 bridgehead atoms. The molecule has 142 heavy (non-hydrogen) atoms. The van der Waals surface area contributed by atoms with Crippen LogP contribution in [0.3, 0.4) is 0 Å². The summed E-state index contributed by atoms with van der Waals surface area (Å²) < 4.78 is 943. The van der Waals surface area contributed by atoms with Crippen LogP contribution in [-0.4, -0.2) is 204 Å². The minimum atomic E-state index is -8.56. The van der Waals surface area contributed by atoms with Gasteiger partial charge in [0.15, 0.2) is 0 Å². The molecule has 0 heterocycles. The van der Waals surface area contributed by atoms with Gasteiger partial charge in [-0.05, 0) is 19.3 Å². The van der Waals surface area contributed by atoms with Crippen LogP contribution >= 0.6 is 0 Å². The van der Waals surface area contributed by atoms with E-state index in [1.807, 2.05) is 0 Å². The van der Waals surface area contributed by atoms with E-state index < -0.39 is 294 Å². The summed E-state index contributed by atoms with van der Waals surface area (Å²) in [5.41, 5.74) is 0. The number of alkyl halides is 78. The van der Waals surface area contributed by atoms with Crippen molar-refractivity contribution < 1.29 is 342 Å². The second kappa shape index (κ2) is 51.4. The van der Waals surface area contributed by atoms with Gasteiger partial charge in [-0.1, -0.05) is 114 Å². The number of hydrogen-bond acceptors (Lipinski definition) is 0. The zero-order valence-electron chi connectivity index (χ0n) is 70.6. The second-order valence-corrected chi connectivity index (χ2v) is 27.5. The average Bonchev–Trinajstić information content (AvgIpc) is 0.695. The first-order valence-electron chi connectivity index (χ1n) is 36.3. The van der Waals surface area contributed by atoms with Crippen molar-refractivity contribution in [1.29, 1.82) is 0 Å². The van der Waals surface area contributed by atoms with Gasteiger partial charge in [0.2, 0.25) is 0 Å². The van der Waals surface area contributed by atoms with Crippen LogP contribution in [0.25, 0.3) is 0 Å². The Hall–Kier alpha value is -5.46. The van der Waals surface area contributed by atoms with Gasteiger partial charge in [-0.15, -0.1) is 0 Å². The number of halogens is 78. The molecule has 0 aromatic rings. The molecule has 0 aromatic carbocycles. The van der Waals surface area contributed by atoms with Crippen molar-refractivity contribution in [3.8, 4) is 0 Å². The van der Waals surface area contributed by atoms with Gasteiger partial charge in [0.05, 0.1) is 0 Å². The van der Waals surface area contributed by atoms with E-state index in [9.17, 15) is 342 Å². The lowest BCUT2D eigenvalue weighted by atomic mass is 9.88. The van der Waals surface area contributed by atoms with Crippen molar-refractivity contribution >= 4 is 0 Å². The monoisotopic (exact) mass is 2320 g/mol. The molecule has 0 aliphatic rings. The quantitative estimate of drug-likeness (QED) is 0.0564. The van der Waals surface area contributed by atoms with Crippen LogP contribution in [0.2, 0.25) is 0 Å². The maximum atomic E-state index is 13.2. The van der Waals surface area contributed by atoms with E-state index in [1.54, 1.807) is 13.8 Å². The number of unbranched alkanes of at least 4 members (excludes halogenated alkanes) is 2. The first-order chi connectivity index (χ1) is 60.6. The SMILES string of the molecule is CCC(F)(F)C(F)(F)C(F)(F)C(F)(F)F.CCC(F)(F)C(F)(F)C(F)(F)F.CCCC(F)(F)C(F)(F)C(F)(F)C(F)(F)C(F)(F)C(F)(F)C(F)(F)C(F)(F)F.CCCC(F)(F)C(F)(F)C(F)(F)C(F)(F)C(F)(F)C(F)(F)F.CCCC(F)(F)C(F)(F)C(F)(F)C(F)(F)F.CCCC(F)(F)C(F)(F)C(F)(F)F.CCCC(F)(F)C(F)(F)F.CCCC(F)(F)F.CCCCC(F)(F)C(F)(F)F.CCCCC(F)(F)F. The summed E-state index contributed by atoms with van der Waals surface area (Å²) >= 11 is 0. The van der Waals surface area contributed by atoms with Gasteiger partial charge in [-0.3, -0.25) is 0 Å². The van der Waals surface area contributed by atoms with Gasteiger partial charge >= 0.3 is 204 Å². The Morgan fingerprint density at radius 2 is 0.225 bits per heavy atom. The predicted molar refractivity (Wildman–Crippen MR) is 328 cm³/mol. The van der Waals surface area contributed by atoms with Crippen molar-refractivity contribution in [3.05, 3.63) is 0 Å². The van der Waals surface area contributed by atoms with Crippen molar-refractivity contribution in [2.75, 3.05) is 0 Å². The van der Waals surface area contributed by atoms with E-state index >= 15 is 0 Å². The Morgan fingerprint density at radius 1 is 0.0986 bits per heavy atom. The third kappa shape index (κ3) is 38.2. The van der Waals surface area contributed by atoms with Crippen molar-refractivity contribution in [1.82, 2.24) is 0 Å². The fourth-order valence-electron chi connectivity index (χ4n) is 7.21. The molecule has 0 fully saturated rings. The summed E-state index contributed by atoms with van der Waals surface area (Å²) in [5.74, 6) is -160. The number of hydrogen-bond donors (Lipinski definition) is 0. The molecule has 0 N–H and O–H groups in total. The molecule has 0 rings (SSSR count). The third-order valence-electron chi connectivity index (χ3n) is 15.6. The Kier molecular flexibility index (Phi) is 56.7. The van der Waals surface area contributed by atoms with Crippen LogP contribution in [0, 0.1) is 0 Å². The summed E-state index contributed by atoms with van der Waals surface area (Å²) in [6.45, 7) is 10.4. The molecular formula is C64H70F78. The molecule has 0 amide bonds. The molecule has 0 nitrogen and oxygen atoms in total. The highest BCUT2D eigenvalue weighted by molar-refractivity contribution is 5.16. The summed E-state index contributed by atoms with van der Waals surface area (Å²) in [6, 6.07) is 0. The molecule has 0 aliphatic heterocycles. The van der Waals surface area contributed by atoms with Gasteiger partial charge in [0, 0.05) is 64.2 Å². The second-order valence-electron chi connectivity index (χ2n) is 27.5. The molecule has 78 heteroatoms. The van der Waals surface area contributed by atoms with Crippen LogP contribution in [0.4, 0.5) is 342 Å². The zero-order chi connectivity index (χ0) is 119. The minimum absolute atomic E-state index is 0.105. The van der Waals surface area contributed by atoms with Crippen LogP contribution in [-0.2, 0) is 0 Å². The van der Waals surface area contributed by atoms with Crippen LogP contribution < -0.4 is 0 Å². The van der Waals surface area contributed by atoms with Gasteiger partial charge in [0.1, 0.15) is 0 Å². The highest BCUT2D eigenvalue weighted by atomic mass is 19.5. The van der Waals surface area contributed by atoms with E-state index in [2.05, 4.69) is 0 Å². The number of rotatable bonds is 34. The van der Waals surface area contributed by atoms with Gasteiger partial charge in [-0.2, -0.15) is 342 Å². The fourth-order valence-corrected chi connectivity index (χ4v) is 7.21. The maximum absolute atomic E-state index is 13.2. The first-order valence-corrected chi connectivity index (χ1v) is 36.3. The van der Waals surface area contributed by atoms with E-state index in [0.717, 1.165) is 20.8 Å². The third-order valence-corrected chi connectivity index (χ3v) is 15.6. The van der Waals surface area contributed by atoms with E-state index in [-0.39, 0.29) is 25.7 Å². The molecule has 0 unspecified atom stereocenters. The molecule has 0 saturated carbocycles. The first kappa shape index (κ1) is 157. The summed E-state index contributed by atoms with van der Waals surface area (Å²) in [6.07, 6.45) is -76.4. The normalized spacial score (nSPS) is 15.0. The smallest absolute Gasteiger partial charge is 0.200 e. The molecule has 0 aromatic heterocycles. The molecule has 872 valence electrons. The maximum Gasteiger partial charge on any atom is 0.460 e. The lowest BCUT2D eigenvalue weighted by Gasteiger charge is -2.42. The van der Waals surface area contributed by atoms with Crippen LogP contribution in [0.15, 0.2) is 0 Å². The van der Waals surface area contributed by atoms with Crippen molar-refractivity contribution in [3.63, 3.8) is 0 Å². The van der Waals surface area contributed by atoms with Crippen molar-refractivity contribution in [2.24, 2.45) is 0 Å². The fraction of sp³-hybridized carbons (Fsp3) is 1.00. The van der Waals surface area contributed by atoms with E-state index in [1.165, 1.54) is 13.8 Å². The molecule has 0 aliphatic carbocycles.